The average molecular weight is 1320 g/mol. The number of nitrogens with zero attached hydrogens (tertiary/aromatic N) is 7. The lowest BCUT2D eigenvalue weighted by Gasteiger charge is -2.45. The fraction of sp³-hybridized carbons (Fsp3) is 0.0851. The van der Waals surface area contributed by atoms with E-state index in [0.717, 1.165) is 166 Å². The molecule has 0 fully saturated rings. The normalized spacial score (nSPS) is 12.9. The first kappa shape index (κ1) is 59.9. The Morgan fingerprint density at radius 1 is 0.320 bits per heavy atom. The summed E-state index contributed by atoms with van der Waals surface area (Å²) in [6, 6.07) is 111. The maximum absolute atomic E-state index is 10.5. The fourth-order valence-electron chi connectivity index (χ4n) is 17.2. The summed E-state index contributed by atoms with van der Waals surface area (Å²) in [7, 11) is 0. The van der Waals surface area contributed by atoms with E-state index in [4.69, 9.17) is 4.42 Å². The van der Waals surface area contributed by atoms with Gasteiger partial charge in [-0.1, -0.05) is 211 Å². The van der Waals surface area contributed by atoms with Crippen LogP contribution in [0.25, 0.3) is 127 Å². The topological polar surface area (TPSA) is 82.0 Å². The molecule has 0 N–H and O–H groups in total. The van der Waals surface area contributed by atoms with E-state index < -0.39 is 6.71 Å². The summed E-state index contributed by atoms with van der Waals surface area (Å²) >= 11 is 0. The van der Waals surface area contributed by atoms with Crippen molar-refractivity contribution in [3.05, 3.63) is 313 Å². The summed E-state index contributed by atoms with van der Waals surface area (Å²) in [6.45, 7) is 13.4. The number of fused-ring (bicyclic) bond motifs is 17. The number of hydrogen-bond acceptors (Lipinski definition) is 5. The number of aromatic nitrogens is 3. The van der Waals surface area contributed by atoms with Crippen LogP contribution in [0.15, 0.2) is 296 Å². The molecule has 18 aromatic rings. The molecule has 4 aromatic heterocycles. The number of anilines is 6. The largest absolute Gasteiger partial charge is 0.456 e. The third-order valence-corrected chi connectivity index (χ3v) is 22.0. The van der Waals surface area contributed by atoms with Gasteiger partial charge >= 0.3 is 0 Å². The van der Waals surface area contributed by atoms with Crippen molar-refractivity contribution in [2.24, 2.45) is 0 Å². The van der Waals surface area contributed by atoms with Crippen LogP contribution in [0.5, 0.6) is 0 Å². The molecule has 0 bridgehead atoms. The number of nitriles is 2. The molecule has 0 unspecified atom stereocenters. The van der Waals surface area contributed by atoms with Crippen molar-refractivity contribution in [3.63, 3.8) is 0 Å². The summed E-state index contributed by atoms with van der Waals surface area (Å²) in [6.07, 6.45) is 0. The van der Waals surface area contributed by atoms with Crippen LogP contribution in [0.3, 0.4) is 0 Å². The molecule has 0 atom stereocenters. The Morgan fingerprint density at radius 2 is 0.748 bits per heavy atom. The Bertz CT molecular complexity index is 6670. The van der Waals surface area contributed by atoms with Crippen LogP contribution in [0.1, 0.15) is 63.8 Å². The highest BCUT2D eigenvalue weighted by atomic mass is 16.3. The molecule has 103 heavy (non-hydrogen) atoms. The standard InChI is InChI=1S/C94H66BN7O/c1-93(2,3)61-39-45-80-72(49-61)73-50-62(94(4,5)6)40-46-81(73)99(80)64-52-85-90-86(53-64)102(76-33-19-14-28-66(76)60-25-11-8-12-26-60)87-54-84(100-78-35-21-16-30-68(78)71-48-58(56-97)38-44-82(71)100)89-69-31-17-22-36-88(69)103-92(89)91(87)95(90)74-42-41-63(98-77-34-20-15-29-67(77)70-47-57(55-96)37-43-79(70)98)51-83(74)101(85)75-32-18-13-27-65(75)59-23-9-7-10-24-59/h7-54H,1-6H3. The summed E-state index contributed by atoms with van der Waals surface area (Å²) in [4.78, 5) is 5.15. The van der Waals surface area contributed by atoms with Crippen molar-refractivity contribution in [1.29, 1.82) is 10.5 Å². The van der Waals surface area contributed by atoms with E-state index >= 15 is 0 Å². The van der Waals surface area contributed by atoms with Gasteiger partial charge in [0, 0.05) is 77.3 Å². The summed E-state index contributed by atoms with van der Waals surface area (Å²) < 4.78 is 15.1. The molecule has 486 valence electrons. The maximum Gasteiger partial charge on any atom is 0.257 e. The van der Waals surface area contributed by atoms with Crippen molar-refractivity contribution in [2.75, 3.05) is 9.80 Å². The molecule has 0 saturated heterocycles. The van der Waals surface area contributed by atoms with Gasteiger partial charge in [0.2, 0.25) is 0 Å². The lowest BCUT2D eigenvalue weighted by Crippen LogP contribution is -2.61. The first-order chi connectivity index (χ1) is 50.3. The van der Waals surface area contributed by atoms with Crippen molar-refractivity contribution in [3.8, 4) is 51.5 Å². The lowest BCUT2D eigenvalue weighted by atomic mass is 9.33. The Balaban J connectivity index is 0.996. The van der Waals surface area contributed by atoms with Crippen molar-refractivity contribution in [2.45, 2.75) is 52.4 Å². The van der Waals surface area contributed by atoms with E-state index in [-0.39, 0.29) is 10.8 Å². The molecule has 0 saturated carbocycles. The quantitative estimate of drug-likeness (QED) is 0.149. The van der Waals surface area contributed by atoms with Gasteiger partial charge in [0.15, 0.2) is 0 Å². The minimum atomic E-state index is -0.440. The molecule has 9 heteroatoms. The minimum Gasteiger partial charge on any atom is -0.456 e. The van der Waals surface area contributed by atoms with Crippen LogP contribution in [0.4, 0.5) is 34.1 Å². The first-order valence-corrected chi connectivity index (χ1v) is 35.5. The van der Waals surface area contributed by atoms with Gasteiger partial charge in [-0.25, -0.2) is 0 Å². The zero-order valence-electron chi connectivity index (χ0n) is 57.8. The van der Waals surface area contributed by atoms with Crippen molar-refractivity contribution >= 4 is 145 Å². The van der Waals surface area contributed by atoms with Gasteiger partial charge < -0.3 is 27.9 Å². The molecule has 20 rings (SSSR count). The number of rotatable bonds is 7. The molecular formula is C94H66BN7O. The van der Waals surface area contributed by atoms with E-state index in [1.165, 1.54) is 21.9 Å². The SMILES string of the molecule is CC(C)(C)c1ccc2c(c1)c1cc(C(C)(C)C)ccc1n2-c1cc2c3c(c1)N(c1ccccc1-c1ccccc1)c1cc(-n4c5ccccc5c5cc(C#N)ccc54)c4c(oc5ccccc54)c1B3c1ccc(-n3c4ccccc4c4cc(C#N)ccc43)cc1N2c1ccccc1-c1ccccc1. The molecule has 0 aliphatic carbocycles. The maximum atomic E-state index is 10.5. The predicted molar refractivity (Wildman–Crippen MR) is 428 cm³/mol. The smallest absolute Gasteiger partial charge is 0.257 e. The van der Waals surface area contributed by atoms with E-state index in [1.807, 2.05) is 24.3 Å². The van der Waals surface area contributed by atoms with Gasteiger partial charge in [0.1, 0.15) is 11.2 Å². The highest BCUT2D eigenvalue weighted by molar-refractivity contribution is 7.01. The number of benzene rings is 14. The van der Waals surface area contributed by atoms with Crippen LogP contribution in [0, 0.1) is 22.7 Å². The zero-order valence-corrected chi connectivity index (χ0v) is 57.8. The monoisotopic (exact) mass is 1320 g/mol. The minimum absolute atomic E-state index is 0.115. The van der Waals surface area contributed by atoms with Crippen LogP contribution in [-0.2, 0) is 10.8 Å². The molecule has 14 aromatic carbocycles. The Labute approximate surface area is 596 Å². The Hall–Kier alpha value is -13.1. The van der Waals surface area contributed by atoms with Crippen LogP contribution in [-0.4, -0.2) is 20.4 Å². The summed E-state index contributed by atoms with van der Waals surface area (Å²) in [5, 5.41) is 29.4. The number of furan rings is 1. The first-order valence-electron chi connectivity index (χ1n) is 35.5. The molecule has 2 aliphatic rings. The third-order valence-electron chi connectivity index (χ3n) is 22.0. The highest BCUT2D eigenvalue weighted by Gasteiger charge is 2.47. The molecular weight excluding hydrogens is 1250 g/mol. The molecule has 6 heterocycles. The number of hydrogen-bond donors (Lipinski definition) is 0. The highest BCUT2D eigenvalue weighted by Crippen LogP contribution is 2.53. The van der Waals surface area contributed by atoms with E-state index in [1.54, 1.807) is 0 Å². The Morgan fingerprint density at radius 3 is 1.30 bits per heavy atom. The lowest BCUT2D eigenvalue weighted by molar-refractivity contribution is 0.590. The zero-order chi connectivity index (χ0) is 69.3. The van der Waals surface area contributed by atoms with Gasteiger partial charge in [-0.05, 0) is 171 Å². The third kappa shape index (κ3) is 8.89. The second-order valence-electron chi connectivity index (χ2n) is 29.8. The molecule has 0 radical (unpaired) electrons. The second kappa shape index (κ2) is 22.2. The fourth-order valence-corrected chi connectivity index (χ4v) is 17.2. The average Bonchev–Trinajstić information content (AvgIpc) is 1.52. The Kier molecular flexibility index (Phi) is 12.9. The predicted octanol–water partition coefficient (Wildman–Crippen LogP) is 22.6. The van der Waals surface area contributed by atoms with Gasteiger partial charge in [-0.3, -0.25) is 0 Å². The van der Waals surface area contributed by atoms with E-state index in [2.05, 4.69) is 344 Å². The van der Waals surface area contributed by atoms with Gasteiger partial charge in [0.25, 0.3) is 6.71 Å². The van der Waals surface area contributed by atoms with E-state index in [9.17, 15) is 10.5 Å². The number of para-hydroxylation sites is 5. The van der Waals surface area contributed by atoms with Crippen LogP contribution in [0.2, 0.25) is 0 Å². The van der Waals surface area contributed by atoms with Crippen molar-refractivity contribution < 1.29 is 4.42 Å². The molecule has 2 aliphatic heterocycles. The van der Waals surface area contributed by atoms with Gasteiger partial charge in [-0.2, -0.15) is 10.5 Å². The molecule has 0 amide bonds. The van der Waals surface area contributed by atoms with Crippen LogP contribution < -0.4 is 26.2 Å². The van der Waals surface area contributed by atoms with Crippen LogP contribution >= 0.6 is 0 Å². The van der Waals surface area contributed by atoms with Crippen molar-refractivity contribution in [1.82, 2.24) is 13.7 Å². The van der Waals surface area contributed by atoms with Gasteiger partial charge in [-0.15, -0.1) is 0 Å². The summed E-state index contributed by atoms with van der Waals surface area (Å²) in [5.41, 5.74) is 28.0. The molecule has 0 spiro atoms. The molecule has 8 nitrogen and oxygen atoms in total. The second-order valence-corrected chi connectivity index (χ2v) is 29.8. The van der Waals surface area contributed by atoms with Gasteiger partial charge in [0.05, 0.1) is 84.5 Å². The van der Waals surface area contributed by atoms with E-state index in [0.29, 0.717) is 11.1 Å². The summed E-state index contributed by atoms with van der Waals surface area (Å²) in [5.74, 6) is 0.